The maximum Gasteiger partial charge on any atom is 0.255 e. The molecule has 0 unspecified atom stereocenters. The van der Waals surface area contributed by atoms with Gasteiger partial charge in [-0.1, -0.05) is 18.2 Å². The Morgan fingerprint density at radius 1 is 0.957 bits per heavy atom. The Morgan fingerprint density at radius 3 is 2.67 bits per heavy atom. The van der Waals surface area contributed by atoms with Gasteiger partial charge in [-0.2, -0.15) is 5.10 Å². The number of rotatable bonds is 9. The van der Waals surface area contributed by atoms with E-state index in [4.69, 9.17) is 14.7 Å². The van der Waals surface area contributed by atoms with Gasteiger partial charge in [0.1, 0.15) is 29.2 Å². The van der Waals surface area contributed by atoms with E-state index in [1.807, 2.05) is 55.4 Å². The maximum absolute atomic E-state index is 14.7. The van der Waals surface area contributed by atoms with Crippen LogP contribution < -0.4 is 10.1 Å². The fourth-order valence-electron chi connectivity index (χ4n) is 5.07. The molecule has 0 bridgehead atoms. The highest BCUT2D eigenvalue weighted by Gasteiger charge is 2.18. The number of likely N-dealkylation sites (N-methyl/N-ethyl adjacent to an activating group) is 1. The second-order valence-electron chi connectivity index (χ2n) is 10.9. The van der Waals surface area contributed by atoms with Crippen molar-refractivity contribution in [3.8, 4) is 39.7 Å². The number of imidazole rings is 1. The highest BCUT2D eigenvalue weighted by atomic mass is 19.1. The van der Waals surface area contributed by atoms with Crippen molar-refractivity contribution in [2.75, 3.05) is 32.6 Å². The van der Waals surface area contributed by atoms with Crippen LogP contribution in [0.25, 0.3) is 56.1 Å². The first kappa shape index (κ1) is 28.7. The molecular formula is C34H28FN9O2. The average Bonchev–Trinajstić information content (AvgIpc) is 3.69. The topological polar surface area (TPSA) is 138 Å². The Bertz CT molecular complexity index is 2190. The number of anilines is 1. The van der Waals surface area contributed by atoms with Crippen molar-refractivity contribution < 1.29 is 13.9 Å². The summed E-state index contributed by atoms with van der Waals surface area (Å²) in [5.41, 5.74) is 6.60. The lowest BCUT2D eigenvalue weighted by Gasteiger charge is -2.12. The molecule has 0 spiro atoms. The Balaban J connectivity index is 1.21. The van der Waals surface area contributed by atoms with Gasteiger partial charge in [-0.3, -0.25) is 14.9 Å². The number of halogens is 1. The predicted molar refractivity (Wildman–Crippen MR) is 174 cm³/mol. The Kier molecular flexibility index (Phi) is 7.61. The lowest BCUT2D eigenvalue weighted by Crippen LogP contribution is -2.19. The normalized spacial score (nSPS) is 11.4. The van der Waals surface area contributed by atoms with Crippen LogP contribution >= 0.6 is 0 Å². The molecule has 228 valence electrons. The molecule has 5 heterocycles. The SMILES string of the molecule is CN(C)CCOc1cc(F)cc(-c2ccnc3[nH]c(-c4n[nH]c5ccc(-c6cncc(NC(=O)c7ccccc7)c6)nc45)nc23)c1. The standard InChI is InChI=1S/C34H28FN9O2/c1-44(2)12-13-46-25-16-21(14-23(35)17-25)26-10-11-37-32-29(26)40-33(41-32)31-30-28(42-43-31)9-8-27(39-30)22-15-24(19-36-18-22)38-34(45)20-6-4-3-5-7-20/h3-11,14-19H,12-13H2,1-2H3,(H,38,45)(H,42,43)(H,37,40,41). The van der Waals surface area contributed by atoms with Crippen LogP contribution in [0, 0.1) is 5.82 Å². The molecule has 3 N–H and O–H groups in total. The molecule has 0 aliphatic carbocycles. The molecule has 5 aromatic heterocycles. The van der Waals surface area contributed by atoms with Crippen LogP contribution in [0.5, 0.6) is 5.75 Å². The van der Waals surface area contributed by atoms with Crippen LogP contribution in [-0.2, 0) is 0 Å². The summed E-state index contributed by atoms with van der Waals surface area (Å²) in [6.45, 7) is 1.13. The summed E-state index contributed by atoms with van der Waals surface area (Å²) in [6, 6.07) is 20.9. The summed E-state index contributed by atoms with van der Waals surface area (Å²) in [7, 11) is 3.90. The third-order valence-electron chi connectivity index (χ3n) is 7.33. The first-order valence-corrected chi connectivity index (χ1v) is 14.5. The van der Waals surface area contributed by atoms with Crippen molar-refractivity contribution in [2.24, 2.45) is 0 Å². The highest BCUT2D eigenvalue weighted by molar-refractivity contribution is 6.04. The Labute approximate surface area is 262 Å². The summed E-state index contributed by atoms with van der Waals surface area (Å²) in [4.78, 5) is 36.4. The number of benzene rings is 2. The molecule has 1 amide bonds. The summed E-state index contributed by atoms with van der Waals surface area (Å²) in [6.07, 6.45) is 4.91. The molecule has 7 rings (SSSR count). The minimum absolute atomic E-state index is 0.232. The predicted octanol–water partition coefficient (Wildman–Crippen LogP) is 5.96. The van der Waals surface area contributed by atoms with Crippen molar-refractivity contribution in [3.05, 3.63) is 103 Å². The van der Waals surface area contributed by atoms with Crippen molar-refractivity contribution in [1.82, 2.24) is 40.0 Å². The zero-order valence-corrected chi connectivity index (χ0v) is 25.0. The molecule has 0 radical (unpaired) electrons. The molecule has 7 aromatic rings. The lowest BCUT2D eigenvalue weighted by atomic mass is 10.1. The number of ether oxygens (including phenoxy) is 1. The summed E-state index contributed by atoms with van der Waals surface area (Å²) < 4.78 is 20.5. The third-order valence-corrected chi connectivity index (χ3v) is 7.33. The quantitative estimate of drug-likeness (QED) is 0.181. The fraction of sp³-hybridized carbons (Fsp3) is 0.118. The first-order valence-electron chi connectivity index (χ1n) is 14.5. The van der Waals surface area contributed by atoms with Gasteiger partial charge in [0.05, 0.1) is 23.1 Å². The van der Waals surface area contributed by atoms with Crippen LogP contribution in [0.3, 0.4) is 0 Å². The van der Waals surface area contributed by atoms with Gasteiger partial charge >= 0.3 is 0 Å². The van der Waals surface area contributed by atoms with Crippen LogP contribution in [0.1, 0.15) is 10.4 Å². The van der Waals surface area contributed by atoms with Gasteiger partial charge in [-0.25, -0.2) is 19.3 Å². The van der Waals surface area contributed by atoms with Gasteiger partial charge in [0.2, 0.25) is 0 Å². The number of hydrogen-bond donors (Lipinski definition) is 3. The zero-order chi connectivity index (χ0) is 31.6. The molecule has 0 aliphatic rings. The van der Waals surface area contributed by atoms with E-state index in [0.717, 1.165) is 0 Å². The smallest absolute Gasteiger partial charge is 0.255 e. The van der Waals surface area contributed by atoms with Crippen LogP contribution in [0.15, 0.2) is 91.4 Å². The molecule has 11 nitrogen and oxygen atoms in total. The average molecular weight is 614 g/mol. The van der Waals surface area contributed by atoms with Crippen molar-refractivity contribution in [3.63, 3.8) is 0 Å². The van der Waals surface area contributed by atoms with E-state index >= 15 is 0 Å². The molecule has 0 saturated heterocycles. The van der Waals surface area contributed by atoms with E-state index in [2.05, 4.69) is 30.5 Å². The summed E-state index contributed by atoms with van der Waals surface area (Å²) >= 11 is 0. The number of fused-ring (bicyclic) bond motifs is 2. The van der Waals surface area contributed by atoms with E-state index in [-0.39, 0.29) is 5.91 Å². The van der Waals surface area contributed by atoms with Gasteiger partial charge in [0.15, 0.2) is 17.2 Å². The van der Waals surface area contributed by atoms with E-state index < -0.39 is 5.82 Å². The highest BCUT2D eigenvalue weighted by Crippen LogP contribution is 2.33. The Hall–Kier alpha value is -6.01. The lowest BCUT2D eigenvalue weighted by molar-refractivity contribution is 0.102. The molecule has 0 atom stereocenters. The molecule has 2 aromatic carbocycles. The minimum Gasteiger partial charge on any atom is -0.492 e. The Morgan fingerprint density at radius 2 is 1.83 bits per heavy atom. The second-order valence-corrected chi connectivity index (χ2v) is 10.9. The number of aromatic amines is 2. The fourth-order valence-corrected chi connectivity index (χ4v) is 5.07. The van der Waals surface area contributed by atoms with E-state index in [0.29, 0.717) is 86.3 Å². The second kappa shape index (κ2) is 12.2. The van der Waals surface area contributed by atoms with Crippen LogP contribution in [0.2, 0.25) is 0 Å². The molecule has 0 fully saturated rings. The van der Waals surface area contributed by atoms with Crippen LogP contribution in [0.4, 0.5) is 10.1 Å². The molecule has 0 saturated carbocycles. The number of nitrogens with zero attached hydrogens (tertiary/aromatic N) is 6. The monoisotopic (exact) mass is 613 g/mol. The number of nitrogens with one attached hydrogen (secondary N) is 3. The number of amides is 1. The van der Waals surface area contributed by atoms with Gasteiger partial charge in [0.25, 0.3) is 5.91 Å². The van der Waals surface area contributed by atoms with E-state index in [9.17, 15) is 9.18 Å². The minimum atomic E-state index is -0.411. The summed E-state index contributed by atoms with van der Waals surface area (Å²) in [5, 5.41) is 10.4. The van der Waals surface area contributed by atoms with Gasteiger partial charge in [-0.15, -0.1) is 0 Å². The van der Waals surface area contributed by atoms with Crippen molar-refractivity contribution in [2.45, 2.75) is 0 Å². The molecular weight excluding hydrogens is 585 g/mol. The molecule has 12 heteroatoms. The van der Waals surface area contributed by atoms with Gasteiger partial charge in [-0.05, 0) is 68.2 Å². The number of aromatic nitrogens is 7. The van der Waals surface area contributed by atoms with Crippen LogP contribution in [-0.4, -0.2) is 73.2 Å². The number of H-pyrrole nitrogens is 2. The molecule has 0 aliphatic heterocycles. The van der Waals surface area contributed by atoms with E-state index in [1.165, 1.54) is 12.1 Å². The van der Waals surface area contributed by atoms with Crippen molar-refractivity contribution in [1.29, 1.82) is 0 Å². The largest absolute Gasteiger partial charge is 0.492 e. The number of carbonyl (C=O) groups is 1. The number of pyridine rings is 3. The van der Waals surface area contributed by atoms with Crippen molar-refractivity contribution >= 4 is 33.8 Å². The zero-order valence-electron chi connectivity index (χ0n) is 25.0. The maximum atomic E-state index is 14.7. The molecule has 46 heavy (non-hydrogen) atoms. The van der Waals surface area contributed by atoms with Gasteiger partial charge < -0.3 is 19.9 Å². The van der Waals surface area contributed by atoms with Gasteiger partial charge in [0, 0.05) is 41.7 Å². The number of hydrogen-bond acceptors (Lipinski definition) is 8. The number of carbonyl (C=O) groups excluding carboxylic acids is 1. The first-order chi connectivity index (χ1) is 22.4. The van der Waals surface area contributed by atoms with E-state index in [1.54, 1.807) is 42.9 Å². The summed E-state index contributed by atoms with van der Waals surface area (Å²) in [5.74, 6) is 0.244. The third kappa shape index (κ3) is 5.88.